The fourth-order valence-corrected chi connectivity index (χ4v) is 1.98. The molecule has 17 heavy (non-hydrogen) atoms. The molecular weight excluding hydrogens is 282 g/mol. The first kappa shape index (κ1) is 12.9. The summed E-state index contributed by atoms with van der Waals surface area (Å²) in [5.41, 5.74) is 0. The van der Waals surface area contributed by atoms with Gasteiger partial charge in [0.15, 0.2) is 0 Å². The summed E-state index contributed by atoms with van der Waals surface area (Å²) in [7, 11) is 0. The predicted molar refractivity (Wildman–Crippen MR) is 71.2 cm³/mol. The molecular formula is C13H18BrNO2. The lowest BCUT2D eigenvalue weighted by Crippen LogP contribution is -2.32. The summed E-state index contributed by atoms with van der Waals surface area (Å²) in [6.07, 6.45) is 2.20. The van der Waals surface area contributed by atoms with E-state index in [9.17, 15) is 5.11 Å². The first-order chi connectivity index (χ1) is 8.25. The van der Waals surface area contributed by atoms with Crippen molar-refractivity contribution in [3.05, 3.63) is 28.7 Å². The van der Waals surface area contributed by atoms with Gasteiger partial charge in [-0.05, 0) is 53.4 Å². The number of para-hydroxylation sites is 1. The van der Waals surface area contributed by atoms with E-state index in [4.69, 9.17) is 4.74 Å². The van der Waals surface area contributed by atoms with Crippen LogP contribution in [0, 0.1) is 5.92 Å². The molecule has 0 saturated heterocycles. The van der Waals surface area contributed by atoms with E-state index < -0.39 is 6.10 Å². The van der Waals surface area contributed by atoms with Crippen molar-refractivity contribution in [3.63, 3.8) is 0 Å². The smallest absolute Gasteiger partial charge is 0.133 e. The summed E-state index contributed by atoms with van der Waals surface area (Å²) in [6.45, 7) is 1.94. The molecule has 0 radical (unpaired) electrons. The lowest BCUT2D eigenvalue weighted by molar-refractivity contribution is 0.106. The third kappa shape index (κ3) is 4.66. The van der Waals surface area contributed by atoms with E-state index in [1.165, 1.54) is 12.8 Å². The number of halogens is 1. The summed E-state index contributed by atoms with van der Waals surface area (Å²) in [6, 6.07) is 7.66. The number of hydrogen-bond acceptors (Lipinski definition) is 3. The molecule has 1 fully saturated rings. The summed E-state index contributed by atoms with van der Waals surface area (Å²) in [5, 5.41) is 13.0. The standard InChI is InChI=1S/C13H18BrNO2/c14-12-3-1-2-4-13(12)17-9-11(16)8-15-7-10-5-6-10/h1-4,10-11,15-16H,5-9H2. The largest absolute Gasteiger partial charge is 0.490 e. The van der Waals surface area contributed by atoms with Crippen molar-refractivity contribution in [2.24, 2.45) is 5.92 Å². The van der Waals surface area contributed by atoms with Gasteiger partial charge in [-0.15, -0.1) is 0 Å². The highest BCUT2D eigenvalue weighted by atomic mass is 79.9. The topological polar surface area (TPSA) is 41.5 Å². The Morgan fingerprint density at radius 2 is 2.18 bits per heavy atom. The van der Waals surface area contributed by atoms with Crippen LogP contribution in [-0.2, 0) is 0 Å². The molecule has 0 heterocycles. The molecule has 1 aliphatic carbocycles. The Kier molecular flexibility index (Phi) is 4.83. The van der Waals surface area contributed by atoms with Crippen molar-refractivity contribution in [1.82, 2.24) is 5.32 Å². The molecule has 0 amide bonds. The monoisotopic (exact) mass is 299 g/mol. The van der Waals surface area contributed by atoms with Crippen LogP contribution >= 0.6 is 15.9 Å². The van der Waals surface area contributed by atoms with Gasteiger partial charge in [0.2, 0.25) is 0 Å². The fourth-order valence-electron chi connectivity index (χ4n) is 1.58. The van der Waals surface area contributed by atoms with Crippen molar-refractivity contribution >= 4 is 15.9 Å². The van der Waals surface area contributed by atoms with E-state index in [1.54, 1.807) is 0 Å². The van der Waals surface area contributed by atoms with Crippen molar-refractivity contribution in [3.8, 4) is 5.75 Å². The maximum atomic E-state index is 9.73. The molecule has 94 valence electrons. The van der Waals surface area contributed by atoms with E-state index in [0.717, 1.165) is 22.7 Å². The average Bonchev–Trinajstić information content (AvgIpc) is 3.12. The first-order valence-electron chi connectivity index (χ1n) is 6.02. The van der Waals surface area contributed by atoms with Crippen LogP contribution in [0.1, 0.15) is 12.8 Å². The predicted octanol–water partition coefficient (Wildman–Crippen LogP) is 2.19. The molecule has 0 aliphatic heterocycles. The summed E-state index contributed by atoms with van der Waals surface area (Å²) in [5.74, 6) is 1.61. The molecule has 1 aromatic carbocycles. The van der Waals surface area contributed by atoms with Crippen LogP contribution in [0.15, 0.2) is 28.7 Å². The Bertz CT molecular complexity index is 355. The molecule has 0 aromatic heterocycles. The van der Waals surface area contributed by atoms with Gasteiger partial charge < -0.3 is 15.2 Å². The highest BCUT2D eigenvalue weighted by Gasteiger charge is 2.20. The molecule has 2 N–H and O–H groups in total. The Hall–Kier alpha value is -0.580. The van der Waals surface area contributed by atoms with Gasteiger partial charge in [-0.25, -0.2) is 0 Å². The number of aliphatic hydroxyl groups is 1. The zero-order chi connectivity index (χ0) is 12.1. The third-order valence-corrected chi connectivity index (χ3v) is 3.43. The van der Waals surface area contributed by atoms with Crippen LogP contribution < -0.4 is 10.1 Å². The van der Waals surface area contributed by atoms with Crippen molar-refractivity contribution in [2.45, 2.75) is 18.9 Å². The van der Waals surface area contributed by atoms with Crippen LogP contribution in [0.25, 0.3) is 0 Å². The second kappa shape index (κ2) is 6.38. The minimum atomic E-state index is -0.458. The van der Waals surface area contributed by atoms with Crippen LogP contribution in [-0.4, -0.2) is 30.9 Å². The molecule has 0 spiro atoms. The van der Waals surface area contributed by atoms with Crippen molar-refractivity contribution in [2.75, 3.05) is 19.7 Å². The van der Waals surface area contributed by atoms with Gasteiger partial charge in [-0.2, -0.15) is 0 Å². The minimum Gasteiger partial charge on any atom is -0.490 e. The maximum Gasteiger partial charge on any atom is 0.133 e. The van der Waals surface area contributed by atoms with Gasteiger partial charge in [0.1, 0.15) is 18.5 Å². The minimum absolute atomic E-state index is 0.320. The van der Waals surface area contributed by atoms with Gasteiger partial charge in [0, 0.05) is 6.54 Å². The molecule has 1 aromatic rings. The van der Waals surface area contributed by atoms with E-state index in [1.807, 2.05) is 24.3 Å². The zero-order valence-electron chi connectivity index (χ0n) is 9.73. The molecule has 1 aliphatic rings. The Morgan fingerprint density at radius 1 is 1.41 bits per heavy atom. The highest BCUT2D eigenvalue weighted by molar-refractivity contribution is 9.10. The van der Waals surface area contributed by atoms with E-state index >= 15 is 0 Å². The number of benzene rings is 1. The van der Waals surface area contributed by atoms with Crippen LogP contribution in [0.4, 0.5) is 0 Å². The molecule has 1 unspecified atom stereocenters. The molecule has 2 rings (SSSR count). The van der Waals surface area contributed by atoms with Gasteiger partial charge >= 0.3 is 0 Å². The molecule has 0 bridgehead atoms. The van der Waals surface area contributed by atoms with E-state index in [0.29, 0.717) is 13.2 Å². The van der Waals surface area contributed by atoms with E-state index in [2.05, 4.69) is 21.2 Å². The third-order valence-electron chi connectivity index (χ3n) is 2.78. The van der Waals surface area contributed by atoms with Crippen molar-refractivity contribution in [1.29, 1.82) is 0 Å². The van der Waals surface area contributed by atoms with Crippen molar-refractivity contribution < 1.29 is 9.84 Å². The Morgan fingerprint density at radius 3 is 2.88 bits per heavy atom. The van der Waals surface area contributed by atoms with Gasteiger partial charge in [-0.1, -0.05) is 12.1 Å². The molecule has 3 nitrogen and oxygen atoms in total. The van der Waals surface area contributed by atoms with Gasteiger partial charge in [0.25, 0.3) is 0 Å². The van der Waals surface area contributed by atoms with Gasteiger partial charge in [0.05, 0.1) is 4.47 Å². The molecule has 4 heteroatoms. The average molecular weight is 300 g/mol. The SMILES string of the molecule is OC(CNCC1CC1)COc1ccccc1Br. The molecule has 1 atom stereocenters. The summed E-state index contributed by atoms with van der Waals surface area (Å²) in [4.78, 5) is 0. The first-order valence-corrected chi connectivity index (χ1v) is 6.81. The summed E-state index contributed by atoms with van der Waals surface area (Å²) < 4.78 is 6.45. The number of ether oxygens (including phenoxy) is 1. The Labute approximate surface area is 110 Å². The number of hydrogen-bond donors (Lipinski definition) is 2. The van der Waals surface area contributed by atoms with Gasteiger partial charge in [-0.3, -0.25) is 0 Å². The Balaban J connectivity index is 1.64. The lowest BCUT2D eigenvalue weighted by atomic mass is 10.3. The number of aliphatic hydroxyl groups excluding tert-OH is 1. The quantitative estimate of drug-likeness (QED) is 0.811. The second-order valence-electron chi connectivity index (χ2n) is 4.50. The highest BCUT2D eigenvalue weighted by Crippen LogP contribution is 2.27. The number of nitrogens with one attached hydrogen (secondary N) is 1. The number of rotatable bonds is 7. The van der Waals surface area contributed by atoms with Crippen LogP contribution in [0.5, 0.6) is 5.75 Å². The van der Waals surface area contributed by atoms with Crippen LogP contribution in [0.3, 0.4) is 0 Å². The molecule has 1 saturated carbocycles. The lowest BCUT2D eigenvalue weighted by Gasteiger charge is -2.13. The zero-order valence-corrected chi connectivity index (χ0v) is 11.3. The summed E-state index contributed by atoms with van der Waals surface area (Å²) >= 11 is 3.40. The fraction of sp³-hybridized carbons (Fsp3) is 0.538. The second-order valence-corrected chi connectivity index (χ2v) is 5.35. The maximum absolute atomic E-state index is 9.73. The van der Waals surface area contributed by atoms with E-state index in [-0.39, 0.29) is 0 Å². The normalized spacial score (nSPS) is 16.8. The van der Waals surface area contributed by atoms with Crippen LogP contribution in [0.2, 0.25) is 0 Å².